The Kier molecular flexibility index (Phi) is 7.76. The number of benzene rings is 1. The summed E-state index contributed by atoms with van der Waals surface area (Å²) in [4.78, 5) is 24.1. The Morgan fingerprint density at radius 1 is 1.10 bits per heavy atom. The van der Waals surface area contributed by atoms with Gasteiger partial charge in [-0.3, -0.25) is 9.59 Å². The second-order valence-electron chi connectivity index (χ2n) is 8.37. The molecule has 1 aromatic rings. The van der Waals surface area contributed by atoms with Crippen molar-refractivity contribution in [1.29, 1.82) is 0 Å². The molecule has 1 aromatic carbocycles. The Morgan fingerprint density at radius 3 is 2.43 bits per heavy atom. The molecule has 0 radical (unpaired) electrons. The van der Waals surface area contributed by atoms with Crippen LogP contribution in [0.5, 0.6) is 5.75 Å². The standard InChI is InChI=1S/C26H31NO3/c1-18(9-14-23-20(3)24(29)15-16-26(23,4)5)7-6-8-19(2)17-25(30)27-21-10-12-22(28)13-11-21/h6-14,17,28H,15-16H2,1-5H3,(H,27,30)/b8-6+,14-9+,18-7-,19-17-. The molecule has 1 aliphatic rings. The number of anilines is 1. The van der Waals surface area contributed by atoms with Gasteiger partial charge in [-0.1, -0.05) is 49.8 Å². The van der Waals surface area contributed by atoms with Crippen molar-refractivity contribution in [2.75, 3.05) is 5.32 Å². The molecule has 158 valence electrons. The fourth-order valence-electron chi connectivity index (χ4n) is 3.36. The number of Topliss-reactive ketones (excluding diaryl/α,β-unsaturated/α-hetero) is 1. The van der Waals surface area contributed by atoms with Gasteiger partial charge in [0.05, 0.1) is 0 Å². The van der Waals surface area contributed by atoms with Gasteiger partial charge in [0.1, 0.15) is 5.75 Å². The molecule has 4 nitrogen and oxygen atoms in total. The van der Waals surface area contributed by atoms with Crippen LogP contribution in [0.4, 0.5) is 5.69 Å². The second kappa shape index (κ2) is 10.1. The van der Waals surface area contributed by atoms with Crippen LogP contribution in [0.1, 0.15) is 47.5 Å². The van der Waals surface area contributed by atoms with E-state index in [-0.39, 0.29) is 22.9 Å². The predicted octanol–water partition coefficient (Wildman–Crippen LogP) is 6.04. The number of ketones is 1. The van der Waals surface area contributed by atoms with Crippen molar-refractivity contribution in [2.24, 2.45) is 5.41 Å². The van der Waals surface area contributed by atoms with Gasteiger partial charge in [0, 0.05) is 18.2 Å². The first-order valence-corrected chi connectivity index (χ1v) is 10.1. The lowest BCUT2D eigenvalue weighted by atomic mass is 9.72. The van der Waals surface area contributed by atoms with Gasteiger partial charge in [-0.2, -0.15) is 0 Å². The third kappa shape index (κ3) is 6.73. The first-order valence-electron chi connectivity index (χ1n) is 10.1. The first kappa shape index (κ1) is 23.1. The van der Waals surface area contributed by atoms with E-state index in [1.54, 1.807) is 12.1 Å². The van der Waals surface area contributed by atoms with Gasteiger partial charge in [0.25, 0.3) is 0 Å². The van der Waals surface area contributed by atoms with Crippen LogP contribution in [0.15, 0.2) is 83.0 Å². The van der Waals surface area contributed by atoms with Crippen LogP contribution in [0.25, 0.3) is 0 Å². The lowest BCUT2D eigenvalue weighted by molar-refractivity contribution is -0.116. The van der Waals surface area contributed by atoms with Crippen LogP contribution in [-0.4, -0.2) is 16.8 Å². The van der Waals surface area contributed by atoms with E-state index < -0.39 is 0 Å². The summed E-state index contributed by atoms with van der Waals surface area (Å²) in [7, 11) is 0. The van der Waals surface area contributed by atoms with Crippen LogP contribution in [0, 0.1) is 5.41 Å². The van der Waals surface area contributed by atoms with Crippen LogP contribution in [0.2, 0.25) is 0 Å². The molecule has 0 unspecified atom stereocenters. The summed E-state index contributed by atoms with van der Waals surface area (Å²) in [6.07, 6.45) is 12.8. The van der Waals surface area contributed by atoms with Crippen LogP contribution < -0.4 is 5.32 Å². The number of carbonyl (C=O) groups excluding carboxylic acids is 2. The zero-order valence-corrected chi connectivity index (χ0v) is 18.5. The number of amides is 1. The zero-order valence-electron chi connectivity index (χ0n) is 18.5. The normalized spacial score (nSPS) is 17.8. The number of aromatic hydroxyl groups is 1. The van der Waals surface area contributed by atoms with Gasteiger partial charge in [0.15, 0.2) is 5.78 Å². The highest BCUT2D eigenvalue weighted by Crippen LogP contribution is 2.39. The van der Waals surface area contributed by atoms with Gasteiger partial charge in [0.2, 0.25) is 5.91 Å². The number of nitrogens with one attached hydrogen (secondary N) is 1. The van der Waals surface area contributed by atoms with E-state index in [1.165, 1.54) is 18.2 Å². The molecule has 0 bridgehead atoms. The van der Waals surface area contributed by atoms with E-state index in [2.05, 4.69) is 25.2 Å². The molecule has 4 heteroatoms. The number of hydrogen-bond donors (Lipinski definition) is 2. The van der Waals surface area contributed by atoms with E-state index >= 15 is 0 Å². The van der Waals surface area contributed by atoms with Gasteiger partial charge >= 0.3 is 0 Å². The average molecular weight is 406 g/mol. The van der Waals surface area contributed by atoms with Crippen molar-refractivity contribution in [3.05, 3.63) is 83.0 Å². The lowest BCUT2D eigenvalue weighted by Gasteiger charge is -2.32. The summed E-state index contributed by atoms with van der Waals surface area (Å²) in [5, 5.41) is 12.0. The van der Waals surface area contributed by atoms with E-state index in [0.717, 1.165) is 28.7 Å². The van der Waals surface area contributed by atoms with Gasteiger partial charge in [-0.15, -0.1) is 0 Å². The van der Waals surface area contributed by atoms with E-state index in [4.69, 9.17) is 0 Å². The number of rotatable bonds is 6. The zero-order chi connectivity index (χ0) is 22.3. The molecule has 0 saturated heterocycles. The minimum Gasteiger partial charge on any atom is -0.508 e. The maximum absolute atomic E-state index is 12.1. The second-order valence-corrected chi connectivity index (χ2v) is 8.37. The summed E-state index contributed by atoms with van der Waals surface area (Å²) in [6, 6.07) is 6.33. The van der Waals surface area contributed by atoms with Crippen LogP contribution >= 0.6 is 0 Å². The Labute approximate surface area is 179 Å². The first-order chi connectivity index (χ1) is 14.1. The topological polar surface area (TPSA) is 66.4 Å². The van der Waals surface area contributed by atoms with E-state index in [9.17, 15) is 14.7 Å². The number of phenols is 1. The third-order valence-corrected chi connectivity index (χ3v) is 5.25. The monoisotopic (exact) mass is 405 g/mol. The van der Waals surface area contributed by atoms with Crippen molar-refractivity contribution in [3.8, 4) is 5.75 Å². The molecule has 30 heavy (non-hydrogen) atoms. The Bertz CT molecular complexity index is 954. The molecule has 1 aliphatic carbocycles. The minimum atomic E-state index is -0.227. The molecule has 0 fully saturated rings. The Morgan fingerprint density at radius 2 is 1.77 bits per heavy atom. The highest BCUT2D eigenvalue weighted by Gasteiger charge is 2.30. The molecule has 0 saturated carbocycles. The van der Waals surface area contributed by atoms with Crippen molar-refractivity contribution in [2.45, 2.75) is 47.5 Å². The molecule has 0 atom stereocenters. The van der Waals surface area contributed by atoms with Gasteiger partial charge in [-0.25, -0.2) is 0 Å². The predicted molar refractivity (Wildman–Crippen MR) is 123 cm³/mol. The van der Waals surface area contributed by atoms with Crippen LogP contribution in [0.3, 0.4) is 0 Å². The third-order valence-electron chi connectivity index (χ3n) is 5.25. The Hall–Kier alpha value is -3.14. The molecule has 1 amide bonds. The van der Waals surface area contributed by atoms with Crippen LogP contribution in [-0.2, 0) is 9.59 Å². The van der Waals surface area contributed by atoms with E-state index in [1.807, 2.05) is 45.1 Å². The maximum atomic E-state index is 12.1. The largest absolute Gasteiger partial charge is 0.508 e. The summed E-state index contributed by atoms with van der Waals surface area (Å²) >= 11 is 0. The molecule has 2 rings (SSSR count). The molecule has 0 aliphatic heterocycles. The summed E-state index contributed by atoms with van der Waals surface area (Å²) in [5.74, 6) is 0.167. The van der Waals surface area contributed by atoms with Crippen molar-refractivity contribution >= 4 is 17.4 Å². The smallest absolute Gasteiger partial charge is 0.248 e. The highest BCUT2D eigenvalue weighted by atomic mass is 16.3. The summed E-state index contributed by atoms with van der Waals surface area (Å²) < 4.78 is 0. The summed E-state index contributed by atoms with van der Waals surface area (Å²) in [5.41, 5.74) is 4.48. The average Bonchev–Trinajstić information content (AvgIpc) is 2.66. The number of phenolic OH excluding ortho intramolecular Hbond substituents is 1. The summed E-state index contributed by atoms with van der Waals surface area (Å²) in [6.45, 7) is 10.1. The molecule has 0 aromatic heterocycles. The number of carbonyl (C=O) groups is 2. The molecular formula is C26H31NO3. The van der Waals surface area contributed by atoms with E-state index in [0.29, 0.717) is 12.1 Å². The lowest BCUT2D eigenvalue weighted by Crippen LogP contribution is -2.24. The fourth-order valence-corrected chi connectivity index (χ4v) is 3.36. The number of hydrogen-bond acceptors (Lipinski definition) is 3. The Balaban J connectivity index is 1.99. The van der Waals surface area contributed by atoms with Crippen molar-refractivity contribution in [3.63, 3.8) is 0 Å². The molecule has 2 N–H and O–H groups in total. The number of allylic oxidation sites excluding steroid dienone is 9. The maximum Gasteiger partial charge on any atom is 0.248 e. The quantitative estimate of drug-likeness (QED) is 0.344. The van der Waals surface area contributed by atoms with Gasteiger partial charge < -0.3 is 10.4 Å². The minimum absolute atomic E-state index is 0.00873. The van der Waals surface area contributed by atoms with Crippen molar-refractivity contribution in [1.82, 2.24) is 0 Å². The SMILES string of the molecule is CC1=C(/C=C/C(C)=C\C=C\C(C)=C/C(=O)Nc2ccc(O)cc2)C(C)(C)CCC1=O. The molecule has 0 spiro atoms. The van der Waals surface area contributed by atoms with Gasteiger partial charge in [-0.05, 0) is 73.6 Å². The highest BCUT2D eigenvalue weighted by molar-refractivity contribution is 6.00. The van der Waals surface area contributed by atoms with Crippen molar-refractivity contribution < 1.29 is 14.7 Å². The molecule has 0 heterocycles. The fraction of sp³-hybridized carbons (Fsp3) is 0.308. The molecular weight excluding hydrogens is 374 g/mol.